The standard InChI is InChI=1S/C19H23ClN2O/c1-14-3-4-15(2)18(13-14)21-12-10-19(23)22-11-9-16-5-7-17(20)8-6-16/h3-8,13,21H,9-12H2,1-2H3,(H,22,23). The highest BCUT2D eigenvalue weighted by Gasteiger charge is 2.03. The van der Waals surface area contributed by atoms with Crippen molar-refractivity contribution in [2.75, 3.05) is 18.4 Å². The Morgan fingerprint density at radius 1 is 1.04 bits per heavy atom. The molecule has 0 aliphatic carbocycles. The molecule has 0 saturated carbocycles. The van der Waals surface area contributed by atoms with Crippen molar-refractivity contribution < 1.29 is 4.79 Å². The van der Waals surface area contributed by atoms with Crippen molar-refractivity contribution in [3.05, 3.63) is 64.2 Å². The minimum atomic E-state index is 0.0665. The Labute approximate surface area is 143 Å². The number of hydrogen-bond acceptors (Lipinski definition) is 2. The molecule has 0 radical (unpaired) electrons. The molecule has 4 heteroatoms. The van der Waals surface area contributed by atoms with E-state index in [2.05, 4.69) is 42.7 Å². The van der Waals surface area contributed by atoms with Crippen molar-refractivity contribution in [2.45, 2.75) is 26.7 Å². The molecule has 2 rings (SSSR count). The highest BCUT2D eigenvalue weighted by atomic mass is 35.5. The van der Waals surface area contributed by atoms with Crippen LogP contribution in [0.3, 0.4) is 0 Å². The summed E-state index contributed by atoms with van der Waals surface area (Å²) in [5, 5.41) is 7.00. The van der Waals surface area contributed by atoms with Crippen LogP contribution in [0.25, 0.3) is 0 Å². The number of hydrogen-bond donors (Lipinski definition) is 2. The maximum Gasteiger partial charge on any atom is 0.221 e. The molecule has 1 amide bonds. The van der Waals surface area contributed by atoms with Gasteiger partial charge in [-0.05, 0) is 55.2 Å². The number of amides is 1. The van der Waals surface area contributed by atoms with Gasteiger partial charge >= 0.3 is 0 Å². The van der Waals surface area contributed by atoms with Gasteiger partial charge in [0.1, 0.15) is 0 Å². The molecule has 0 saturated heterocycles. The van der Waals surface area contributed by atoms with E-state index in [4.69, 9.17) is 11.6 Å². The van der Waals surface area contributed by atoms with Crippen LogP contribution in [0.5, 0.6) is 0 Å². The minimum absolute atomic E-state index is 0.0665. The topological polar surface area (TPSA) is 41.1 Å². The van der Waals surface area contributed by atoms with E-state index in [1.165, 1.54) is 16.7 Å². The molecule has 0 atom stereocenters. The van der Waals surface area contributed by atoms with Gasteiger partial charge in [0.15, 0.2) is 0 Å². The predicted octanol–water partition coefficient (Wildman–Crippen LogP) is 4.12. The zero-order chi connectivity index (χ0) is 16.7. The van der Waals surface area contributed by atoms with Gasteiger partial charge in [0.2, 0.25) is 5.91 Å². The number of aryl methyl sites for hydroxylation is 2. The van der Waals surface area contributed by atoms with Crippen molar-refractivity contribution in [3.8, 4) is 0 Å². The Hall–Kier alpha value is -2.00. The molecule has 2 aromatic carbocycles. The average Bonchev–Trinajstić information content (AvgIpc) is 2.53. The first-order valence-corrected chi connectivity index (χ1v) is 8.24. The second-order valence-corrected chi connectivity index (χ2v) is 6.16. The summed E-state index contributed by atoms with van der Waals surface area (Å²) in [6, 6.07) is 14.0. The molecule has 2 N–H and O–H groups in total. The van der Waals surface area contributed by atoms with Gasteiger partial charge < -0.3 is 10.6 Å². The van der Waals surface area contributed by atoms with Gasteiger partial charge in [-0.3, -0.25) is 4.79 Å². The smallest absolute Gasteiger partial charge is 0.221 e. The Balaban J connectivity index is 1.67. The fraction of sp³-hybridized carbons (Fsp3) is 0.316. The van der Waals surface area contributed by atoms with Crippen molar-refractivity contribution in [2.24, 2.45) is 0 Å². The molecule has 3 nitrogen and oxygen atoms in total. The Morgan fingerprint density at radius 3 is 2.52 bits per heavy atom. The fourth-order valence-corrected chi connectivity index (χ4v) is 2.45. The molecule has 0 fully saturated rings. The maximum absolute atomic E-state index is 11.9. The highest BCUT2D eigenvalue weighted by molar-refractivity contribution is 6.30. The van der Waals surface area contributed by atoms with Crippen molar-refractivity contribution >= 4 is 23.2 Å². The summed E-state index contributed by atoms with van der Waals surface area (Å²) in [6.45, 7) is 5.41. The van der Waals surface area contributed by atoms with Gasteiger partial charge in [0.05, 0.1) is 0 Å². The molecule has 0 spiro atoms. The van der Waals surface area contributed by atoms with E-state index in [0.717, 1.165) is 17.1 Å². The van der Waals surface area contributed by atoms with E-state index in [0.29, 0.717) is 19.5 Å². The molecule has 0 heterocycles. The van der Waals surface area contributed by atoms with E-state index in [1.807, 2.05) is 24.3 Å². The van der Waals surface area contributed by atoms with Crippen LogP contribution in [0.1, 0.15) is 23.1 Å². The zero-order valence-electron chi connectivity index (χ0n) is 13.7. The van der Waals surface area contributed by atoms with Gasteiger partial charge in [0, 0.05) is 30.2 Å². The Bertz CT molecular complexity index is 653. The van der Waals surface area contributed by atoms with E-state index >= 15 is 0 Å². The first kappa shape index (κ1) is 17.4. The molecule has 0 unspecified atom stereocenters. The van der Waals surface area contributed by atoms with Gasteiger partial charge in [-0.15, -0.1) is 0 Å². The minimum Gasteiger partial charge on any atom is -0.384 e. The third-order valence-corrected chi connectivity index (χ3v) is 3.96. The van der Waals surface area contributed by atoms with Crippen molar-refractivity contribution in [3.63, 3.8) is 0 Å². The molecule has 23 heavy (non-hydrogen) atoms. The summed E-state index contributed by atoms with van der Waals surface area (Å²) in [6.07, 6.45) is 1.28. The SMILES string of the molecule is Cc1ccc(C)c(NCCC(=O)NCCc2ccc(Cl)cc2)c1. The number of nitrogens with one attached hydrogen (secondary N) is 2. The summed E-state index contributed by atoms with van der Waals surface area (Å²) in [7, 11) is 0. The number of anilines is 1. The molecule has 0 aromatic heterocycles. The lowest BCUT2D eigenvalue weighted by Gasteiger charge is -2.10. The van der Waals surface area contributed by atoms with Crippen molar-refractivity contribution in [1.82, 2.24) is 5.32 Å². The van der Waals surface area contributed by atoms with Crippen LogP contribution in [-0.4, -0.2) is 19.0 Å². The monoisotopic (exact) mass is 330 g/mol. The highest BCUT2D eigenvalue weighted by Crippen LogP contribution is 2.16. The molecular weight excluding hydrogens is 308 g/mol. The Morgan fingerprint density at radius 2 is 1.78 bits per heavy atom. The van der Waals surface area contributed by atoms with Crippen LogP contribution >= 0.6 is 11.6 Å². The number of carbonyl (C=O) groups is 1. The lowest BCUT2D eigenvalue weighted by Crippen LogP contribution is -2.27. The first-order chi connectivity index (χ1) is 11.0. The van der Waals surface area contributed by atoms with E-state index < -0.39 is 0 Å². The molecular formula is C19H23ClN2O. The summed E-state index contributed by atoms with van der Waals surface area (Å²) in [4.78, 5) is 11.9. The van der Waals surface area contributed by atoms with E-state index in [-0.39, 0.29) is 5.91 Å². The van der Waals surface area contributed by atoms with Gasteiger partial charge in [-0.25, -0.2) is 0 Å². The van der Waals surface area contributed by atoms with E-state index in [9.17, 15) is 4.79 Å². The summed E-state index contributed by atoms with van der Waals surface area (Å²) >= 11 is 5.85. The van der Waals surface area contributed by atoms with E-state index in [1.54, 1.807) is 0 Å². The van der Waals surface area contributed by atoms with Crippen molar-refractivity contribution in [1.29, 1.82) is 0 Å². The lowest BCUT2D eigenvalue weighted by atomic mass is 10.1. The molecule has 0 aliphatic rings. The predicted molar refractivity (Wildman–Crippen MR) is 97.2 cm³/mol. The summed E-state index contributed by atoms with van der Waals surface area (Å²) < 4.78 is 0. The molecule has 122 valence electrons. The maximum atomic E-state index is 11.9. The molecule has 0 bridgehead atoms. The van der Waals surface area contributed by atoms with Crippen LogP contribution in [0, 0.1) is 13.8 Å². The van der Waals surface area contributed by atoms with Crippen LogP contribution in [0.15, 0.2) is 42.5 Å². The molecule has 0 aliphatic heterocycles. The molecule has 2 aromatic rings. The quantitative estimate of drug-likeness (QED) is 0.802. The van der Waals surface area contributed by atoms with Crippen LogP contribution < -0.4 is 10.6 Å². The fourth-order valence-electron chi connectivity index (χ4n) is 2.32. The number of benzene rings is 2. The Kier molecular flexibility index (Phi) is 6.48. The zero-order valence-corrected chi connectivity index (χ0v) is 14.4. The third kappa shape index (κ3) is 5.95. The van der Waals surface area contributed by atoms with Crippen LogP contribution in [0.2, 0.25) is 5.02 Å². The van der Waals surface area contributed by atoms with Crippen LogP contribution in [-0.2, 0) is 11.2 Å². The van der Waals surface area contributed by atoms with Gasteiger partial charge in [-0.2, -0.15) is 0 Å². The number of carbonyl (C=O) groups excluding carboxylic acids is 1. The van der Waals surface area contributed by atoms with Crippen LogP contribution in [0.4, 0.5) is 5.69 Å². The number of halogens is 1. The summed E-state index contributed by atoms with van der Waals surface area (Å²) in [5.74, 6) is 0.0665. The second kappa shape index (κ2) is 8.59. The number of rotatable bonds is 7. The lowest BCUT2D eigenvalue weighted by molar-refractivity contribution is -0.120. The first-order valence-electron chi connectivity index (χ1n) is 7.87. The third-order valence-electron chi connectivity index (χ3n) is 3.71. The van der Waals surface area contributed by atoms with Gasteiger partial charge in [0.25, 0.3) is 0 Å². The normalized spacial score (nSPS) is 10.4. The largest absolute Gasteiger partial charge is 0.384 e. The summed E-state index contributed by atoms with van der Waals surface area (Å²) in [5.41, 5.74) is 4.67. The average molecular weight is 331 g/mol. The second-order valence-electron chi connectivity index (χ2n) is 5.72. The van der Waals surface area contributed by atoms with Gasteiger partial charge in [-0.1, -0.05) is 35.9 Å².